The number of hydrogen-bond acceptors (Lipinski definition) is 8. The largest absolute Gasteiger partial charge is 0.497 e. The van der Waals surface area contributed by atoms with E-state index in [0.717, 1.165) is 11.8 Å². The van der Waals surface area contributed by atoms with Crippen LogP contribution >= 0.6 is 11.8 Å². The van der Waals surface area contributed by atoms with Gasteiger partial charge in [0.25, 0.3) is 0 Å². The third-order valence-corrected chi connectivity index (χ3v) is 3.86. The van der Waals surface area contributed by atoms with Gasteiger partial charge < -0.3 is 20.5 Å². The molecule has 0 aliphatic rings. The molecular formula is C16H18N4O4S. The maximum absolute atomic E-state index is 12.0. The average Bonchev–Trinajstić information content (AvgIpc) is 2.61. The van der Waals surface area contributed by atoms with Crippen molar-refractivity contribution in [2.24, 2.45) is 0 Å². The van der Waals surface area contributed by atoms with Crippen LogP contribution in [0.25, 0.3) is 0 Å². The fourth-order valence-electron chi connectivity index (χ4n) is 1.82. The van der Waals surface area contributed by atoms with Crippen LogP contribution < -0.4 is 15.8 Å². The average molecular weight is 362 g/mol. The lowest BCUT2D eigenvalue weighted by Crippen LogP contribution is -2.15. The van der Waals surface area contributed by atoms with E-state index >= 15 is 0 Å². The van der Waals surface area contributed by atoms with Crippen molar-refractivity contribution in [2.75, 3.05) is 30.5 Å². The molecule has 1 aromatic carbocycles. The van der Waals surface area contributed by atoms with Crippen molar-refractivity contribution in [3.63, 3.8) is 0 Å². The Hall–Kier alpha value is -2.81. The minimum Gasteiger partial charge on any atom is -0.497 e. The molecule has 0 saturated carbocycles. The Morgan fingerprint density at radius 1 is 1.28 bits per heavy atom. The highest BCUT2D eigenvalue weighted by molar-refractivity contribution is 7.99. The number of amides is 1. The molecule has 0 aliphatic carbocycles. The molecule has 132 valence electrons. The number of anilines is 2. The van der Waals surface area contributed by atoms with Crippen molar-refractivity contribution in [3.8, 4) is 5.75 Å². The summed E-state index contributed by atoms with van der Waals surface area (Å²) in [7, 11) is 1.57. The second-order valence-electron chi connectivity index (χ2n) is 4.74. The van der Waals surface area contributed by atoms with Gasteiger partial charge in [-0.1, -0.05) is 11.8 Å². The molecule has 2 rings (SSSR count). The van der Waals surface area contributed by atoms with E-state index in [9.17, 15) is 9.59 Å². The minimum atomic E-state index is -0.575. The van der Waals surface area contributed by atoms with Crippen LogP contribution in [0.3, 0.4) is 0 Å². The number of aromatic nitrogens is 2. The van der Waals surface area contributed by atoms with Crippen LogP contribution in [0.2, 0.25) is 0 Å². The van der Waals surface area contributed by atoms with Crippen molar-refractivity contribution < 1.29 is 19.1 Å². The van der Waals surface area contributed by atoms with Crippen LogP contribution in [0, 0.1) is 0 Å². The number of carbonyl (C=O) groups excluding carboxylic acids is 2. The summed E-state index contributed by atoms with van der Waals surface area (Å²) in [4.78, 5) is 31.6. The lowest BCUT2D eigenvalue weighted by molar-refractivity contribution is -0.113. The first-order chi connectivity index (χ1) is 12.0. The Balaban J connectivity index is 1.90. The van der Waals surface area contributed by atoms with E-state index in [1.54, 1.807) is 38.3 Å². The fraction of sp³-hybridized carbons (Fsp3) is 0.250. The molecule has 25 heavy (non-hydrogen) atoms. The van der Waals surface area contributed by atoms with Crippen LogP contribution in [0.4, 0.5) is 11.5 Å². The molecule has 2 aromatic rings. The van der Waals surface area contributed by atoms with E-state index in [-0.39, 0.29) is 29.6 Å². The molecule has 1 aromatic heterocycles. The second-order valence-corrected chi connectivity index (χ2v) is 5.68. The first kappa shape index (κ1) is 18.5. The Morgan fingerprint density at radius 3 is 2.60 bits per heavy atom. The normalized spacial score (nSPS) is 10.2. The summed E-state index contributed by atoms with van der Waals surface area (Å²) in [6, 6.07) is 6.98. The lowest BCUT2D eigenvalue weighted by Gasteiger charge is -2.07. The molecule has 0 fully saturated rings. The Kier molecular flexibility index (Phi) is 6.58. The molecule has 8 nitrogen and oxygen atoms in total. The predicted octanol–water partition coefficient (Wildman–Crippen LogP) is 1.97. The Morgan fingerprint density at radius 2 is 2.00 bits per heavy atom. The topological polar surface area (TPSA) is 116 Å². The summed E-state index contributed by atoms with van der Waals surface area (Å²) in [6.07, 6.45) is 1.30. The van der Waals surface area contributed by atoms with E-state index in [4.69, 9.17) is 15.2 Å². The van der Waals surface area contributed by atoms with Crippen molar-refractivity contribution in [1.29, 1.82) is 0 Å². The number of carbonyl (C=O) groups is 2. The first-order valence-corrected chi connectivity index (χ1v) is 8.38. The highest BCUT2D eigenvalue weighted by Gasteiger charge is 2.14. The maximum atomic E-state index is 12.0. The summed E-state index contributed by atoms with van der Waals surface area (Å²) >= 11 is 1.11. The van der Waals surface area contributed by atoms with Gasteiger partial charge >= 0.3 is 5.97 Å². The molecule has 0 saturated heterocycles. The van der Waals surface area contributed by atoms with Gasteiger partial charge in [0.1, 0.15) is 17.1 Å². The van der Waals surface area contributed by atoms with Crippen LogP contribution in [-0.2, 0) is 9.53 Å². The third-order valence-electron chi connectivity index (χ3n) is 3.00. The van der Waals surface area contributed by atoms with Gasteiger partial charge in [-0.15, -0.1) is 0 Å². The standard InChI is InChI=1S/C16H18N4O4S/c1-3-24-15(22)12-8-18-16(20-14(12)17)25-9-13(21)19-10-4-6-11(23-2)7-5-10/h4-8H,3,9H2,1-2H3,(H,19,21)(H2,17,18,20). The van der Waals surface area contributed by atoms with Crippen molar-refractivity contribution in [3.05, 3.63) is 36.0 Å². The molecule has 0 bridgehead atoms. The molecule has 0 unspecified atom stereocenters. The summed E-state index contributed by atoms with van der Waals surface area (Å²) in [5, 5.41) is 3.05. The zero-order valence-electron chi connectivity index (χ0n) is 13.8. The number of ether oxygens (including phenoxy) is 2. The van der Waals surface area contributed by atoms with E-state index in [2.05, 4.69) is 15.3 Å². The number of esters is 1. The first-order valence-electron chi connectivity index (χ1n) is 7.39. The van der Waals surface area contributed by atoms with Gasteiger partial charge in [0.15, 0.2) is 5.16 Å². The molecule has 0 atom stereocenters. The highest BCUT2D eigenvalue weighted by atomic mass is 32.2. The third kappa shape index (κ3) is 5.35. The second kappa shape index (κ2) is 8.88. The van der Waals surface area contributed by atoms with Crippen molar-refractivity contribution in [2.45, 2.75) is 12.1 Å². The van der Waals surface area contributed by atoms with E-state index in [1.807, 2.05) is 0 Å². The molecule has 3 N–H and O–H groups in total. The summed E-state index contributed by atoms with van der Waals surface area (Å²) < 4.78 is 9.91. The summed E-state index contributed by atoms with van der Waals surface area (Å²) in [5.74, 6) is 0.0366. The molecule has 1 heterocycles. The quantitative estimate of drug-likeness (QED) is 0.436. The smallest absolute Gasteiger partial charge is 0.343 e. The van der Waals surface area contributed by atoms with Gasteiger partial charge in [-0.25, -0.2) is 14.8 Å². The van der Waals surface area contributed by atoms with Crippen molar-refractivity contribution in [1.82, 2.24) is 9.97 Å². The number of benzene rings is 1. The van der Waals surface area contributed by atoms with Gasteiger partial charge in [0, 0.05) is 11.9 Å². The monoisotopic (exact) mass is 362 g/mol. The van der Waals surface area contributed by atoms with Crippen LogP contribution in [0.15, 0.2) is 35.6 Å². The molecular weight excluding hydrogens is 344 g/mol. The predicted molar refractivity (Wildman–Crippen MR) is 94.7 cm³/mol. The van der Waals surface area contributed by atoms with Crippen LogP contribution in [-0.4, -0.2) is 41.3 Å². The number of hydrogen-bond donors (Lipinski definition) is 2. The van der Waals surface area contributed by atoms with Gasteiger partial charge in [0.2, 0.25) is 5.91 Å². The van der Waals surface area contributed by atoms with Crippen molar-refractivity contribution >= 4 is 35.1 Å². The van der Waals surface area contributed by atoms with E-state index in [1.165, 1.54) is 6.20 Å². The number of nitrogens with two attached hydrogens (primary N) is 1. The lowest BCUT2D eigenvalue weighted by atomic mass is 10.3. The highest BCUT2D eigenvalue weighted by Crippen LogP contribution is 2.18. The molecule has 0 aliphatic heterocycles. The van der Waals surface area contributed by atoms with Crippen LogP contribution in [0.5, 0.6) is 5.75 Å². The van der Waals surface area contributed by atoms with Gasteiger partial charge in [0.05, 0.1) is 19.5 Å². The van der Waals surface area contributed by atoms with E-state index in [0.29, 0.717) is 16.6 Å². The zero-order valence-corrected chi connectivity index (χ0v) is 14.6. The Bertz CT molecular complexity index is 752. The van der Waals surface area contributed by atoms with Gasteiger partial charge in [-0.05, 0) is 31.2 Å². The number of rotatable bonds is 7. The molecule has 0 radical (unpaired) electrons. The molecule has 1 amide bonds. The minimum absolute atomic E-state index is 0.0199. The molecule has 0 spiro atoms. The number of nitrogen functional groups attached to an aromatic ring is 1. The fourth-order valence-corrected chi connectivity index (χ4v) is 2.44. The summed E-state index contributed by atoms with van der Waals surface area (Å²) in [6.45, 7) is 1.93. The number of nitrogens with one attached hydrogen (secondary N) is 1. The maximum Gasteiger partial charge on any atom is 0.343 e. The van der Waals surface area contributed by atoms with E-state index < -0.39 is 5.97 Å². The number of thioether (sulfide) groups is 1. The SMILES string of the molecule is CCOC(=O)c1cnc(SCC(=O)Nc2ccc(OC)cc2)nc1N. The molecule has 9 heteroatoms. The number of nitrogens with zero attached hydrogens (tertiary/aromatic N) is 2. The Labute approximate surface area is 149 Å². The zero-order chi connectivity index (χ0) is 18.2. The van der Waals surface area contributed by atoms with Gasteiger partial charge in [-0.2, -0.15) is 0 Å². The van der Waals surface area contributed by atoms with Crippen LogP contribution in [0.1, 0.15) is 17.3 Å². The van der Waals surface area contributed by atoms with Gasteiger partial charge in [-0.3, -0.25) is 4.79 Å². The number of methoxy groups -OCH3 is 1. The summed E-state index contributed by atoms with van der Waals surface area (Å²) in [5.41, 5.74) is 6.49.